The second-order valence-corrected chi connectivity index (χ2v) is 5.69. The molecular weight excluding hydrogens is 354 g/mol. The number of benzene rings is 2. The van der Waals surface area contributed by atoms with E-state index < -0.39 is 6.04 Å². The summed E-state index contributed by atoms with van der Waals surface area (Å²) in [5, 5.41) is 3.71. The first kappa shape index (κ1) is 15.9. The Morgan fingerprint density at radius 1 is 1.29 bits per heavy atom. The highest BCUT2D eigenvalue weighted by Crippen LogP contribution is 2.28. The van der Waals surface area contributed by atoms with E-state index in [4.69, 9.17) is 16.3 Å². The standard InChI is InChI=1S/C16H15BrClNO2/c1-2-21-16(20)15(11-6-5-7-12(17)10-11)19-14-9-4-3-8-13(14)18/h3-10,15,19H,2H2,1H3. The van der Waals surface area contributed by atoms with E-state index in [1.54, 1.807) is 13.0 Å². The van der Waals surface area contributed by atoms with Crippen molar-refractivity contribution >= 4 is 39.2 Å². The predicted molar refractivity (Wildman–Crippen MR) is 88.6 cm³/mol. The molecule has 5 heteroatoms. The molecule has 1 atom stereocenters. The Labute approximate surface area is 137 Å². The molecule has 0 bridgehead atoms. The highest BCUT2D eigenvalue weighted by atomic mass is 79.9. The summed E-state index contributed by atoms with van der Waals surface area (Å²) in [6, 6.07) is 14.2. The van der Waals surface area contributed by atoms with Gasteiger partial charge in [-0.15, -0.1) is 0 Å². The molecule has 110 valence electrons. The van der Waals surface area contributed by atoms with Crippen LogP contribution in [-0.2, 0) is 9.53 Å². The van der Waals surface area contributed by atoms with Gasteiger partial charge >= 0.3 is 5.97 Å². The number of halogens is 2. The Morgan fingerprint density at radius 3 is 2.71 bits per heavy atom. The molecule has 0 saturated heterocycles. The third kappa shape index (κ3) is 4.22. The Morgan fingerprint density at radius 2 is 2.05 bits per heavy atom. The number of hydrogen-bond acceptors (Lipinski definition) is 3. The first-order valence-corrected chi connectivity index (χ1v) is 7.72. The molecular formula is C16H15BrClNO2. The highest BCUT2D eigenvalue weighted by Gasteiger charge is 2.22. The van der Waals surface area contributed by atoms with E-state index in [-0.39, 0.29) is 5.97 Å². The van der Waals surface area contributed by atoms with Gasteiger partial charge in [-0.25, -0.2) is 4.79 Å². The zero-order valence-corrected chi connectivity index (χ0v) is 13.8. The Kier molecular flexibility index (Phi) is 5.65. The molecule has 0 radical (unpaired) electrons. The lowest BCUT2D eigenvalue weighted by molar-refractivity contribution is -0.144. The predicted octanol–water partition coefficient (Wildman–Crippen LogP) is 4.82. The largest absolute Gasteiger partial charge is 0.464 e. The fraction of sp³-hybridized carbons (Fsp3) is 0.188. The van der Waals surface area contributed by atoms with Crippen LogP contribution < -0.4 is 5.32 Å². The number of carbonyl (C=O) groups is 1. The molecule has 3 nitrogen and oxygen atoms in total. The van der Waals surface area contributed by atoms with Gasteiger partial charge in [0.1, 0.15) is 0 Å². The first-order chi connectivity index (χ1) is 10.1. The molecule has 21 heavy (non-hydrogen) atoms. The summed E-state index contributed by atoms with van der Waals surface area (Å²) in [5.41, 5.74) is 1.50. The van der Waals surface area contributed by atoms with Crippen molar-refractivity contribution in [3.05, 3.63) is 63.6 Å². The van der Waals surface area contributed by atoms with Crippen LogP contribution in [0.25, 0.3) is 0 Å². The van der Waals surface area contributed by atoms with Crippen molar-refractivity contribution in [3.8, 4) is 0 Å². The minimum Gasteiger partial charge on any atom is -0.464 e. The van der Waals surface area contributed by atoms with Gasteiger partial charge in [-0.2, -0.15) is 0 Å². The monoisotopic (exact) mass is 367 g/mol. The van der Waals surface area contributed by atoms with Crippen LogP contribution in [-0.4, -0.2) is 12.6 Å². The molecule has 0 aliphatic heterocycles. The summed E-state index contributed by atoms with van der Waals surface area (Å²) >= 11 is 9.56. The van der Waals surface area contributed by atoms with E-state index in [0.717, 1.165) is 10.0 Å². The molecule has 2 rings (SSSR count). The van der Waals surface area contributed by atoms with Crippen molar-refractivity contribution in [2.75, 3.05) is 11.9 Å². The molecule has 0 fully saturated rings. The number of anilines is 1. The van der Waals surface area contributed by atoms with Gasteiger partial charge in [0.05, 0.1) is 17.3 Å². The molecule has 0 amide bonds. The first-order valence-electron chi connectivity index (χ1n) is 6.55. The Bertz CT molecular complexity index is 633. The summed E-state index contributed by atoms with van der Waals surface area (Å²) in [5.74, 6) is -0.337. The van der Waals surface area contributed by atoms with Crippen LogP contribution in [0, 0.1) is 0 Å². The molecule has 0 spiro atoms. The van der Waals surface area contributed by atoms with Crippen molar-refractivity contribution in [2.45, 2.75) is 13.0 Å². The van der Waals surface area contributed by atoms with E-state index in [1.807, 2.05) is 42.5 Å². The van der Waals surface area contributed by atoms with Gasteiger partial charge in [0.15, 0.2) is 6.04 Å². The number of nitrogens with one attached hydrogen (secondary N) is 1. The van der Waals surface area contributed by atoms with Gasteiger partial charge in [-0.1, -0.05) is 51.8 Å². The molecule has 1 N–H and O–H groups in total. The lowest BCUT2D eigenvalue weighted by Gasteiger charge is -2.19. The van der Waals surface area contributed by atoms with Crippen molar-refractivity contribution in [3.63, 3.8) is 0 Å². The van der Waals surface area contributed by atoms with Crippen LogP contribution in [0.15, 0.2) is 53.0 Å². The van der Waals surface area contributed by atoms with Crippen LogP contribution >= 0.6 is 27.5 Å². The summed E-state index contributed by atoms with van der Waals surface area (Å²) in [4.78, 5) is 12.2. The molecule has 1 unspecified atom stereocenters. The number of esters is 1. The van der Waals surface area contributed by atoms with Crippen molar-refractivity contribution < 1.29 is 9.53 Å². The zero-order chi connectivity index (χ0) is 15.2. The van der Waals surface area contributed by atoms with Crippen molar-refractivity contribution in [1.82, 2.24) is 0 Å². The maximum atomic E-state index is 12.2. The number of para-hydroxylation sites is 1. The van der Waals surface area contributed by atoms with Crippen LogP contribution in [0.4, 0.5) is 5.69 Å². The molecule has 0 aliphatic carbocycles. The number of ether oxygens (including phenoxy) is 1. The van der Waals surface area contributed by atoms with E-state index in [9.17, 15) is 4.79 Å². The topological polar surface area (TPSA) is 38.3 Å². The molecule has 2 aromatic carbocycles. The third-order valence-corrected chi connectivity index (χ3v) is 3.70. The van der Waals surface area contributed by atoms with E-state index in [1.165, 1.54) is 0 Å². The van der Waals surface area contributed by atoms with Gasteiger partial charge < -0.3 is 10.1 Å². The molecule has 0 aromatic heterocycles. The molecule has 2 aromatic rings. The van der Waals surface area contributed by atoms with E-state index in [0.29, 0.717) is 17.3 Å². The quantitative estimate of drug-likeness (QED) is 0.769. The minimum absolute atomic E-state index is 0.327. The number of carbonyl (C=O) groups excluding carboxylic acids is 1. The van der Waals surface area contributed by atoms with Gasteiger partial charge in [0.2, 0.25) is 0 Å². The molecule has 0 aliphatic rings. The Balaban J connectivity index is 2.33. The average Bonchev–Trinajstić information content (AvgIpc) is 2.46. The van der Waals surface area contributed by atoms with Gasteiger partial charge in [0, 0.05) is 4.47 Å². The normalized spacial score (nSPS) is 11.8. The van der Waals surface area contributed by atoms with Crippen LogP contribution in [0.1, 0.15) is 18.5 Å². The van der Waals surface area contributed by atoms with Crippen molar-refractivity contribution in [1.29, 1.82) is 0 Å². The second kappa shape index (κ2) is 7.48. The van der Waals surface area contributed by atoms with Gasteiger partial charge in [-0.05, 0) is 36.8 Å². The smallest absolute Gasteiger partial charge is 0.333 e. The maximum Gasteiger partial charge on any atom is 0.333 e. The summed E-state index contributed by atoms with van der Waals surface area (Å²) in [6.07, 6.45) is 0. The summed E-state index contributed by atoms with van der Waals surface area (Å²) < 4.78 is 6.05. The maximum absolute atomic E-state index is 12.2. The Hall–Kier alpha value is -1.52. The second-order valence-electron chi connectivity index (χ2n) is 4.36. The van der Waals surface area contributed by atoms with Crippen LogP contribution in [0.2, 0.25) is 5.02 Å². The SMILES string of the molecule is CCOC(=O)C(Nc1ccccc1Cl)c1cccc(Br)c1. The van der Waals surface area contributed by atoms with Crippen molar-refractivity contribution in [2.24, 2.45) is 0 Å². The third-order valence-electron chi connectivity index (χ3n) is 2.88. The van der Waals surface area contributed by atoms with Crippen LogP contribution in [0.3, 0.4) is 0 Å². The fourth-order valence-corrected chi connectivity index (χ4v) is 2.53. The lowest BCUT2D eigenvalue weighted by atomic mass is 10.1. The highest BCUT2D eigenvalue weighted by molar-refractivity contribution is 9.10. The molecule has 0 heterocycles. The van der Waals surface area contributed by atoms with E-state index in [2.05, 4.69) is 21.2 Å². The van der Waals surface area contributed by atoms with E-state index >= 15 is 0 Å². The van der Waals surface area contributed by atoms with Gasteiger partial charge in [-0.3, -0.25) is 0 Å². The lowest BCUT2D eigenvalue weighted by Crippen LogP contribution is -2.23. The fourth-order valence-electron chi connectivity index (χ4n) is 1.92. The summed E-state index contributed by atoms with van der Waals surface area (Å²) in [6.45, 7) is 2.11. The minimum atomic E-state index is -0.609. The molecule has 0 saturated carbocycles. The number of rotatable bonds is 5. The zero-order valence-electron chi connectivity index (χ0n) is 11.5. The summed E-state index contributed by atoms with van der Waals surface area (Å²) in [7, 11) is 0. The number of hydrogen-bond donors (Lipinski definition) is 1. The van der Waals surface area contributed by atoms with Gasteiger partial charge in [0.25, 0.3) is 0 Å². The van der Waals surface area contributed by atoms with Crippen LogP contribution in [0.5, 0.6) is 0 Å². The average molecular weight is 369 g/mol.